The number of halogens is 1. The van der Waals surface area contributed by atoms with Gasteiger partial charge in [-0.3, -0.25) is 4.68 Å². The zero-order chi connectivity index (χ0) is 9.68. The lowest BCUT2D eigenvalue weighted by molar-refractivity contribution is 0.426. The molecule has 1 heterocycles. The summed E-state index contributed by atoms with van der Waals surface area (Å²) in [4.78, 5) is 0. The van der Waals surface area contributed by atoms with Crippen LogP contribution in [-0.4, -0.2) is 22.9 Å². The highest BCUT2D eigenvalue weighted by Gasteiger charge is 2.02. The zero-order valence-corrected chi connectivity index (χ0v) is 9.71. The molecule has 1 atom stereocenters. The van der Waals surface area contributed by atoms with E-state index >= 15 is 0 Å². The minimum absolute atomic E-state index is 0.617. The van der Waals surface area contributed by atoms with Crippen LogP contribution in [0, 0.1) is 5.92 Å². The Labute approximate surface area is 87.6 Å². The first-order chi connectivity index (χ1) is 6.22. The van der Waals surface area contributed by atoms with Crippen molar-refractivity contribution < 1.29 is 0 Å². The molecule has 1 aromatic rings. The molecule has 1 N–H and O–H groups in total. The largest absolute Gasteiger partial charge is 0.317 e. The van der Waals surface area contributed by atoms with Crippen LogP contribution in [0.25, 0.3) is 0 Å². The predicted octanol–water partition coefficient (Wildman–Crippen LogP) is 1.89. The van der Waals surface area contributed by atoms with E-state index in [0.717, 1.165) is 24.1 Å². The van der Waals surface area contributed by atoms with Crippen molar-refractivity contribution in [2.75, 3.05) is 13.1 Å². The van der Waals surface area contributed by atoms with Gasteiger partial charge in [0.25, 0.3) is 0 Å². The molecule has 0 saturated heterocycles. The van der Waals surface area contributed by atoms with Gasteiger partial charge >= 0.3 is 0 Å². The number of nitrogens with one attached hydrogen (secondary N) is 1. The fourth-order valence-electron chi connectivity index (χ4n) is 1.21. The van der Waals surface area contributed by atoms with E-state index in [1.165, 1.54) is 0 Å². The standard InChI is InChI=1S/C9H16BrN3/c1-3-11-4-8(2)6-13-7-9(10)5-12-13/h5,7-8,11H,3-4,6H2,1-2H3. The van der Waals surface area contributed by atoms with Gasteiger partial charge in [0.1, 0.15) is 0 Å². The molecule has 0 radical (unpaired) electrons. The molecule has 0 fully saturated rings. The lowest BCUT2D eigenvalue weighted by Crippen LogP contribution is -2.23. The number of nitrogens with zero attached hydrogens (tertiary/aromatic N) is 2. The van der Waals surface area contributed by atoms with Crippen molar-refractivity contribution in [2.24, 2.45) is 5.92 Å². The first-order valence-corrected chi connectivity index (χ1v) is 5.40. The summed E-state index contributed by atoms with van der Waals surface area (Å²) < 4.78 is 3.01. The van der Waals surface area contributed by atoms with Gasteiger partial charge in [0.2, 0.25) is 0 Å². The van der Waals surface area contributed by atoms with E-state index in [-0.39, 0.29) is 0 Å². The Morgan fingerprint density at radius 3 is 3.00 bits per heavy atom. The molecule has 0 aliphatic rings. The first kappa shape index (κ1) is 10.7. The minimum Gasteiger partial charge on any atom is -0.317 e. The molecule has 1 aromatic heterocycles. The molecular formula is C9H16BrN3. The highest BCUT2D eigenvalue weighted by Crippen LogP contribution is 2.07. The lowest BCUT2D eigenvalue weighted by atomic mass is 10.2. The molecule has 3 nitrogen and oxygen atoms in total. The van der Waals surface area contributed by atoms with Crippen molar-refractivity contribution in [2.45, 2.75) is 20.4 Å². The van der Waals surface area contributed by atoms with Gasteiger partial charge in [-0.2, -0.15) is 5.10 Å². The van der Waals surface area contributed by atoms with Gasteiger partial charge in [0.15, 0.2) is 0 Å². The Kier molecular flexibility index (Phi) is 4.45. The van der Waals surface area contributed by atoms with Crippen LogP contribution >= 0.6 is 15.9 Å². The molecule has 0 aromatic carbocycles. The molecule has 0 aliphatic carbocycles. The SMILES string of the molecule is CCNCC(C)Cn1cc(Br)cn1. The monoisotopic (exact) mass is 245 g/mol. The van der Waals surface area contributed by atoms with Crippen LogP contribution < -0.4 is 5.32 Å². The third-order valence-electron chi connectivity index (χ3n) is 1.84. The smallest absolute Gasteiger partial charge is 0.0632 e. The molecule has 1 unspecified atom stereocenters. The maximum atomic E-state index is 4.21. The fraction of sp³-hybridized carbons (Fsp3) is 0.667. The topological polar surface area (TPSA) is 29.9 Å². The van der Waals surface area contributed by atoms with Crippen molar-refractivity contribution in [1.82, 2.24) is 15.1 Å². The van der Waals surface area contributed by atoms with E-state index < -0.39 is 0 Å². The van der Waals surface area contributed by atoms with Gasteiger partial charge in [-0.1, -0.05) is 13.8 Å². The number of aromatic nitrogens is 2. The Balaban J connectivity index is 2.31. The molecule has 0 amide bonds. The van der Waals surface area contributed by atoms with Gasteiger partial charge in [-0.25, -0.2) is 0 Å². The van der Waals surface area contributed by atoms with E-state index in [4.69, 9.17) is 0 Å². The average molecular weight is 246 g/mol. The molecular weight excluding hydrogens is 230 g/mol. The summed E-state index contributed by atoms with van der Waals surface area (Å²) in [6.45, 7) is 7.40. The van der Waals surface area contributed by atoms with Gasteiger partial charge in [0, 0.05) is 12.7 Å². The van der Waals surface area contributed by atoms with Crippen molar-refractivity contribution in [3.05, 3.63) is 16.9 Å². The lowest BCUT2D eigenvalue weighted by Gasteiger charge is -2.11. The highest BCUT2D eigenvalue weighted by atomic mass is 79.9. The van der Waals surface area contributed by atoms with Crippen LogP contribution in [0.4, 0.5) is 0 Å². The average Bonchev–Trinajstić information content (AvgIpc) is 2.48. The maximum absolute atomic E-state index is 4.21. The Hall–Kier alpha value is -0.350. The van der Waals surface area contributed by atoms with Crippen LogP contribution in [0.1, 0.15) is 13.8 Å². The second-order valence-electron chi connectivity index (χ2n) is 3.29. The predicted molar refractivity (Wildman–Crippen MR) is 57.6 cm³/mol. The van der Waals surface area contributed by atoms with Gasteiger partial charge < -0.3 is 5.32 Å². The zero-order valence-electron chi connectivity index (χ0n) is 8.13. The van der Waals surface area contributed by atoms with E-state index in [1.807, 2.05) is 17.1 Å². The van der Waals surface area contributed by atoms with Crippen LogP contribution in [-0.2, 0) is 6.54 Å². The van der Waals surface area contributed by atoms with E-state index in [9.17, 15) is 0 Å². The van der Waals surface area contributed by atoms with Crippen LogP contribution in [0.15, 0.2) is 16.9 Å². The van der Waals surface area contributed by atoms with E-state index in [1.54, 1.807) is 0 Å². The Morgan fingerprint density at radius 2 is 2.46 bits per heavy atom. The molecule has 0 spiro atoms. The maximum Gasteiger partial charge on any atom is 0.0632 e. The Morgan fingerprint density at radius 1 is 1.69 bits per heavy atom. The molecule has 0 saturated carbocycles. The quantitative estimate of drug-likeness (QED) is 0.859. The number of hydrogen-bond acceptors (Lipinski definition) is 2. The van der Waals surface area contributed by atoms with E-state index in [0.29, 0.717) is 5.92 Å². The van der Waals surface area contributed by atoms with Crippen molar-refractivity contribution in [1.29, 1.82) is 0 Å². The van der Waals surface area contributed by atoms with Crippen LogP contribution in [0.5, 0.6) is 0 Å². The summed E-state index contributed by atoms with van der Waals surface area (Å²) in [5.74, 6) is 0.617. The molecule has 0 bridgehead atoms. The van der Waals surface area contributed by atoms with Crippen molar-refractivity contribution in [3.8, 4) is 0 Å². The summed E-state index contributed by atoms with van der Waals surface area (Å²) >= 11 is 3.38. The summed E-state index contributed by atoms with van der Waals surface area (Å²) in [5, 5.41) is 7.53. The third-order valence-corrected chi connectivity index (χ3v) is 2.25. The highest BCUT2D eigenvalue weighted by molar-refractivity contribution is 9.10. The second-order valence-corrected chi connectivity index (χ2v) is 4.21. The summed E-state index contributed by atoms with van der Waals surface area (Å²) in [5.41, 5.74) is 0. The van der Waals surface area contributed by atoms with Gasteiger partial charge in [-0.05, 0) is 34.9 Å². The van der Waals surface area contributed by atoms with E-state index in [2.05, 4.69) is 40.2 Å². The van der Waals surface area contributed by atoms with Crippen LogP contribution in [0.3, 0.4) is 0 Å². The number of hydrogen-bond donors (Lipinski definition) is 1. The van der Waals surface area contributed by atoms with Gasteiger partial charge in [0.05, 0.1) is 10.7 Å². The summed E-state index contributed by atoms with van der Waals surface area (Å²) in [7, 11) is 0. The van der Waals surface area contributed by atoms with Crippen molar-refractivity contribution in [3.63, 3.8) is 0 Å². The van der Waals surface area contributed by atoms with Crippen molar-refractivity contribution >= 4 is 15.9 Å². The normalized spacial score (nSPS) is 13.2. The first-order valence-electron chi connectivity index (χ1n) is 4.61. The third kappa shape index (κ3) is 3.91. The van der Waals surface area contributed by atoms with Gasteiger partial charge in [-0.15, -0.1) is 0 Å². The summed E-state index contributed by atoms with van der Waals surface area (Å²) in [6, 6.07) is 0. The molecule has 4 heteroatoms. The minimum atomic E-state index is 0.617. The fourth-order valence-corrected chi connectivity index (χ4v) is 1.54. The number of rotatable bonds is 5. The Bertz CT molecular complexity index is 247. The second kappa shape index (κ2) is 5.40. The summed E-state index contributed by atoms with van der Waals surface area (Å²) in [6.07, 6.45) is 3.82. The molecule has 74 valence electrons. The molecule has 0 aliphatic heterocycles. The van der Waals surface area contributed by atoms with Crippen LogP contribution in [0.2, 0.25) is 0 Å². The molecule has 13 heavy (non-hydrogen) atoms. The molecule has 1 rings (SSSR count).